The average Bonchev–Trinajstić information content (AvgIpc) is 2.90. The van der Waals surface area contributed by atoms with Crippen LogP contribution < -0.4 is 10.1 Å². The number of thiophene rings is 1. The number of rotatable bonds is 4. The van der Waals surface area contributed by atoms with E-state index in [1.807, 2.05) is 31.2 Å². The number of fused-ring (bicyclic) bond motifs is 1. The molecule has 0 aliphatic heterocycles. The summed E-state index contributed by atoms with van der Waals surface area (Å²) in [5.41, 5.74) is 2.89. The highest BCUT2D eigenvalue weighted by atomic mass is 32.1. The van der Waals surface area contributed by atoms with Gasteiger partial charge in [-0.25, -0.2) is 0 Å². The number of ether oxygens (including phenoxy) is 1. The van der Waals surface area contributed by atoms with Crippen LogP contribution in [-0.4, -0.2) is 12.5 Å². The number of anilines is 1. The van der Waals surface area contributed by atoms with Crippen molar-refractivity contribution in [2.75, 3.05) is 11.9 Å². The number of nitrogens with zero attached hydrogens (tertiary/aromatic N) is 1. The van der Waals surface area contributed by atoms with Gasteiger partial charge in [0.15, 0.2) is 6.61 Å². The summed E-state index contributed by atoms with van der Waals surface area (Å²) in [5.74, 6) is 1.06. The number of amides is 1. The van der Waals surface area contributed by atoms with E-state index in [-0.39, 0.29) is 12.5 Å². The number of aryl methyl sites for hydroxylation is 1. The van der Waals surface area contributed by atoms with Crippen molar-refractivity contribution in [1.82, 2.24) is 0 Å². The zero-order chi connectivity index (χ0) is 17.1. The second-order valence-corrected chi connectivity index (χ2v) is 7.42. The van der Waals surface area contributed by atoms with E-state index < -0.39 is 0 Å². The number of carbonyl (C=O) groups excluding carboxylic acids is 1. The first-order valence-corrected chi connectivity index (χ1v) is 8.92. The van der Waals surface area contributed by atoms with E-state index in [2.05, 4.69) is 18.3 Å². The van der Waals surface area contributed by atoms with Crippen molar-refractivity contribution in [3.8, 4) is 11.8 Å². The van der Waals surface area contributed by atoms with Crippen molar-refractivity contribution in [2.24, 2.45) is 5.92 Å². The Balaban J connectivity index is 1.66. The molecule has 5 heteroatoms. The highest BCUT2D eigenvalue weighted by Gasteiger charge is 2.24. The van der Waals surface area contributed by atoms with Gasteiger partial charge in [-0.15, -0.1) is 11.3 Å². The molecule has 1 aliphatic carbocycles. The third kappa shape index (κ3) is 3.60. The first kappa shape index (κ1) is 16.5. The summed E-state index contributed by atoms with van der Waals surface area (Å²) < 4.78 is 5.50. The largest absolute Gasteiger partial charge is 0.484 e. The molecule has 124 valence electrons. The van der Waals surface area contributed by atoms with Crippen LogP contribution in [0.3, 0.4) is 0 Å². The summed E-state index contributed by atoms with van der Waals surface area (Å²) in [4.78, 5) is 13.4. The van der Waals surface area contributed by atoms with Gasteiger partial charge in [-0.1, -0.05) is 24.6 Å². The van der Waals surface area contributed by atoms with E-state index in [1.165, 1.54) is 16.2 Å². The molecule has 2 aromatic rings. The number of nitrogens with one attached hydrogen (secondary N) is 1. The first-order valence-electron chi connectivity index (χ1n) is 8.10. The van der Waals surface area contributed by atoms with Gasteiger partial charge in [-0.05, 0) is 49.8 Å². The minimum Gasteiger partial charge on any atom is -0.484 e. The molecule has 0 bridgehead atoms. The lowest BCUT2D eigenvalue weighted by Gasteiger charge is -2.17. The van der Waals surface area contributed by atoms with E-state index in [9.17, 15) is 10.1 Å². The topological polar surface area (TPSA) is 62.1 Å². The first-order chi connectivity index (χ1) is 11.6. The fraction of sp³-hybridized carbons (Fsp3) is 0.368. The maximum atomic E-state index is 12.2. The van der Waals surface area contributed by atoms with Gasteiger partial charge in [0, 0.05) is 4.88 Å². The van der Waals surface area contributed by atoms with E-state index in [0.29, 0.717) is 22.2 Å². The normalized spacial score (nSPS) is 16.1. The van der Waals surface area contributed by atoms with Gasteiger partial charge in [0.05, 0.1) is 5.56 Å². The van der Waals surface area contributed by atoms with Crippen LogP contribution in [0.5, 0.6) is 5.75 Å². The summed E-state index contributed by atoms with van der Waals surface area (Å²) in [6.07, 6.45) is 3.01. The van der Waals surface area contributed by atoms with Gasteiger partial charge < -0.3 is 10.1 Å². The van der Waals surface area contributed by atoms with Gasteiger partial charge in [-0.3, -0.25) is 4.79 Å². The van der Waals surface area contributed by atoms with Crippen LogP contribution in [0.25, 0.3) is 0 Å². The Hall–Kier alpha value is -2.32. The van der Waals surface area contributed by atoms with Crippen LogP contribution in [0.4, 0.5) is 5.00 Å². The zero-order valence-electron chi connectivity index (χ0n) is 13.9. The maximum Gasteiger partial charge on any atom is 0.262 e. The fourth-order valence-electron chi connectivity index (χ4n) is 2.90. The molecule has 0 saturated carbocycles. The van der Waals surface area contributed by atoms with Gasteiger partial charge >= 0.3 is 0 Å². The molecule has 0 unspecified atom stereocenters. The summed E-state index contributed by atoms with van der Waals surface area (Å²) in [7, 11) is 0. The van der Waals surface area contributed by atoms with Crippen molar-refractivity contribution < 1.29 is 9.53 Å². The standard InChI is InChI=1S/C19H20N2O2S/c1-12-3-6-14(7-4-12)23-11-18(22)21-19-16(10-20)15-8-5-13(2)9-17(15)24-19/h3-4,6-7,13H,5,8-9,11H2,1-2H3,(H,21,22)/t13-/m1/s1. The summed E-state index contributed by atoms with van der Waals surface area (Å²) >= 11 is 1.53. The van der Waals surface area contributed by atoms with Crippen LogP contribution >= 0.6 is 11.3 Å². The second-order valence-electron chi connectivity index (χ2n) is 6.32. The number of benzene rings is 1. The van der Waals surface area contributed by atoms with Crippen LogP contribution in [-0.2, 0) is 17.6 Å². The van der Waals surface area contributed by atoms with Crippen molar-refractivity contribution in [3.05, 3.63) is 45.8 Å². The molecule has 1 atom stereocenters. The minimum absolute atomic E-state index is 0.0626. The quantitative estimate of drug-likeness (QED) is 0.912. The third-order valence-corrected chi connectivity index (χ3v) is 5.44. The molecule has 1 aromatic carbocycles. The van der Waals surface area contributed by atoms with Gasteiger partial charge in [-0.2, -0.15) is 5.26 Å². The molecule has 1 heterocycles. The zero-order valence-corrected chi connectivity index (χ0v) is 14.7. The Labute approximate surface area is 146 Å². The number of nitriles is 1. The second kappa shape index (κ2) is 7.06. The van der Waals surface area contributed by atoms with E-state index in [1.54, 1.807) is 0 Å². The maximum absolute atomic E-state index is 12.2. The molecule has 4 nitrogen and oxygen atoms in total. The van der Waals surface area contributed by atoms with Crippen molar-refractivity contribution in [2.45, 2.75) is 33.1 Å². The molecule has 1 amide bonds. The van der Waals surface area contributed by atoms with Crippen LogP contribution in [0, 0.1) is 24.2 Å². The number of hydrogen-bond acceptors (Lipinski definition) is 4. The van der Waals surface area contributed by atoms with E-state index in [4.69, 9.17) is 4.74 Å². The van der Waals surface area contributed by atoms with Gasteiger partial charge in [0.1, 0.15) is 16.8 Å². The molecular formula is C19H20N2O2S. The minimum atomic E-state index is -0.237. The lowest BCUT2D eigenvalue weighted by molar-refractivity contribution is -0.118. The monoisotopic (exact) mass is 340 g/mol. The number of hydrogen-bond donors (Lipinski definition) is 1. The highest BCUT2D eigenvalue weighted by molar-refractivity contribution is 7.16. The van der Waals surface area contributed by atoms with Crippen molar-refractivity contribution >= 4 is 22.2 Å². The van der Waals surface area contributed by atoms with Crippen molar-refractivity contribution in [1.29, 1.82) is 5.26 Å². The van der Waals surface area contributed by atoms with Crippen molar-refractivity contribution in [3.63, 3.8) is 0 Å². The Morgan fingerprint density at radius 2 is 2.17 bits per heavy atom. The molecule has 24 heavy (non-hydrogen) atoms. The van der Waals surface area contributed by atoms with Crippen LogP contribution in [0.1, 0.15) is 34.9 Å². The third-order valence-electron chi connectivity index (χ3n) is 4.27. The molecular weight excluding hydrogens is 320 g/mol. The van der Waals surface area contributed by atoms with Crippen LogP contribution in [0.15, 0.2) is 24.3 Å². The lowest BCUT2D eigenvalue weighted by atomic mass is 9.89. The summed E-state index contributed by atoms with van der Waals surface area (Å²) in [6.45, 7) is 4.16. The Kier molecular flexibility index (Phi) is 4.86. The van der Waals surface area contributed by atoms with Crippen LogP contribution in [0.2, 0.25) is 0 Å². The Bertz CT molecular complexity index is 787. The molecule has 0 fully saturated rings. The van der Waals surface area contributed by atoms with E-state index >= 15 is 0 Å². The average molecular weight is 340 g/mol. The summed E-state index contributed by atoms with van der Waals surface area (Å²) in [5, 5.41) is 13.0. The smallest absolute Gasteiger partial charge is 0.262 e. The number of carbonyl (C=O) groups is 1. The SMILES string of the molecule is Cc1ccc(OCC(=O)Nc2sc3c(c2C#N)CC[C@@H](C)C3)cc1. The molecule has 0 saturated heterocycles. The summed E-state index contributed by atoms with van der Waals surface area (Å²) in [6, 6.07) is 9.82. The molecule has 3 rings (SSSR count). The van der Waals surface area contributed by atoms with Gasteiger partial charge in [0.2, 0.25) is 0 Å². The molecule has 1 N–H and O–H groups in total. The van der Waals surface area contributed by atoms with Gasteiger partial charge in [0.25, 0.3) is 5.91 Å². The Morgan fingerprint density at radius 1 is 1.42 bits per heavy atom. The predicted octanol–water partition coefficient (Wildman–Crippen LogP) is 4.07. The molecule has 1 aromatic heterocycles. The molecule has 0 spiro atoms. The predicted molar refractivity (Wildman–Crippen MR) is 95.5 cm³/mol. The Morgan fingerprint density at radius 3 is 2.88 bits per heavy atom. The molecule has 0 radical (unpaired) electrons. The fourth-order valence-corrected chi connectivity index (χ4v) is 4.28. The highest BCUT2D eigenvalue weighted by Crippen LogP contribution is 2.39. The van der Waals surface area contributed by atoms with E-state index in [0.717, 1.165) is 30.4 Å². The lowest BCUT2D eigenvalue weighted by Crippen LogP contribution is -2.20. The molecule has 1 aliphatic rings.